The summed E-state index contributed by atoms with van der Waals surface area (Å²) in [4.78, 5) is 12.1. The Hall–Kier alpha value is -2.35. The number of aliphatic hydroxyl groups is 1. The van der Waals surface area contributed by atoms with Gasteiger partial charge in [-0.3, -0.25) is 9.36 Å². The van der Waals surface area contributed by atoms with Gasteiger partial charge >= 0.3 is 6.03 Å². The summed E-state index contributed by atoms with van der Waals surface area (Å²) in [6.45, 7) is 7.51. The number of hydrogen-bond donors (Lipinski definition) is 3. The molecule has 0 spiro atoms. The second-order valence-electron chi connectivity index (χ2n) is 5.73. The van der Waals surface area contributed by atoms with Crippen molar-refractivity contribution >= 4 is 17.4 Å². The number of nitrogens with zero attached hydrogens (tertiary/aromatic N) is 4. The number of carbonyl (C=O) groups is 1. The van der Waals surface area contributed by atoms with E-state index in [4.69, 9.17) is 5.11 Å². The van der Waals surface area contributed by atoms with Crippen molar-refractivity contribution in [3.63, 3.8) is 0 Å². The van der Waals surface area contributed by atoms with Crippen molar-refractivity contribution < 1.29 is 9.90 Å². The number of carbonyl (C=O) groups excluding carboxylic acids is 1. The van der Waals surface area contributed by atoms with E-state index in [-0.39, 0.29) is 12.6 Å². The average Bonchev–Trinajstić information content (AvgIpc) is 3.06. The Kier molecular flexibility index (Phi) is 5.75. The molecule has 2 heterocycles. The molecule has 2 amide bonds. The summed E-state index contributed by atoms with van der Waals surface area (Å²) in [5.41, 5.74) is 2.29. The van der Waals surface area contributed by atoms with Gasteiger partial charge in [-0.25, -0.2) is 4.79 Å². The van der Waals surface area contributed by atoms with Crippen LogP contribution >= 0.6 is 0 Å². The normalized spacial score (nSPS) is 11.0. The van der Waals surface area contributed by atoms with Crippen LogP contribution in [0.2, 0.25) is 0 Å². The fourth-order valence-electron chi connectivity index (χ4n) is 2.33. The Morgan fingerprint density at radius 3 is 2.74 bits per heavy atom. The van der Waals surface area contributed by atoms with Gasteiger partial charge in [-0.1, -0.05) is 20.8 Å². The van der Waals surface area contributed by atoms with Gasteiger partial charge in [-0.2, -0.15) is 10.2 Å². The quantitative estimate of drug-likeness (QED) is 0.726. The molecule has 0 aliphatic rings. The molecule has 23 heavy (non-hydrogen) atoms. The third kappa shape index (κ3) is 4.56. The number of nitrogens with one attached hydrogen (secondary N) is 2. The first kappa shape index (κ1) is 17.0. The molecule has 8 nitrogen and oxygen atoms in total. The zero-order valence-corrected chi connectivity index (χ0v) is 13.8. The molecule has 0 atom stereocenters. The fraction of sp³-hybridized carbons (Fsp3) is 0.533. The van der Waals surface area contributed by atoms with Crippen molar-refractivity contribution in [1.29, 1.82) is 0 Å². The number of anilines is 2. The molecule has 0 radical (unpaired) electrons. The first-order valence-corrected chi connectivity index (χ1v) is 7.79. The van der Waals surface area contributed by atoms with E-state index in [9.17, 15) is 4.79 Å². The molecule has 126 valence electrons. The highest BCUT2D eigenvalue weighted by molar-refractivity contribution is 5.99. The molecule has 2 rings (SSSR count). The molecule has 2 aromatic rings. The number of hydrogen-bond acceptors (Lipinski definition) is 4. The standard InChI is InChI=1S/C15H24N6O2/c1-4-14-13(8-17-21(14)9-11(2)3)19-15(23)18-12-7-16-20(10-12)5-6-22/h7-8,10-11,22H,4-6,9H2,1-3H3,(H2,18,19,23). The second-order valence-corrected chi connectivity index (χ2v) is 5.73. The van der Waals surface area contributed by atoms with Gasteiger partial charge in [-0.15, -0.1) is 0 Å². The van der Waals surface area contributed by atoms with E-state index in [1.54, 1.807) is 17.1 Å². The monoisotopic (exact) mass is 320 g/mol. The lowest BCUT2D eigenvalue weighted by Crippen LogP contribution is -2.20. The predicted molar refractivity (Wildman–Crippen MR) is 88.4 cm³/mol. The number of rotatable bonds is 7. The third-order valence-electron chi connectivity index (χ3n) is 3.29. The highest BCUT2D eigenvalue weighted by Crippen LogP contribution is 2.17. The third-order valence-corrected chi connectivity index (χ3v) is 3.29. The van der Waals surface area contributed by atoms with E-state index in [2.05, 4.69) is 34.7 Å². The van der Waals surface area contributed by atoms with Gasteiger partial charge < -0.3 is 15.7 Å². The Balaban J connectivity index is 2.00. The largest absolute Gasteiger partial charge is 0.394 e. The smallest absolute Gasteiger partial charge is 0.323 e. The van der Waals surface area contributed by atoms with E-state index in [1.165, 1.54) is 6.20 Å². The maximum atomic E-state index is 12.1. The summed E-state index contributed by atoms with van der Waals surface area (Å²) >= 11 is 0. The molecule has 0 aliphatic carbocycles. The Morgan fingerprint density at radius 1 is 1.30 bits per heavy atom. The molecule has 3 N–H and O–H groups in total. The van der Waals surface area contributed by atoms with E-state index < -0.39 is 0 Å². The van der Waals surface area contributed by atoms with Crippen LogP contribution < -0.4 is 10.6 Å². The summed E-state index contributed by atoms with van der Waals surface area (Å²) in [6.07, 6.45) is 5.67. The zero-order chi connectivity index (χ0) is 16.8. The van der Waals surface area contributed by atoms with Crippen LogP contribution in [-0.2, 0) is 19.5 Å². The Labute approximate surface area is 135 Å². The highest BCUT2D eigenvalue weighted by atomic mass is 16.3. The van der Waals surface area contributed by atoms with Crippen LogP contribution in [-0.4, -0.2) is 37.3 Å². The zero-order valence-electron chi connectivity index (χ0n) is 13.8. The lowest BCUT2D eigenvalue weighted by atomic mass is 10.2. The van der Waals surface area contributed by atoms with Crippen LogP contribution in [0.3, 0.4) is 0 Å². The van der Waals surface area contributed by atoms with Gasteiger partial charge in [0.1, 0.15) is 0 Å². The summed E-state index contributed by atoms with van der Waals surface area (Å²) < 4.78 is 3.49. The Bertz CT molecular complexity index is 646. The van der Waals surface area contributed by atoms with Gasteiger partial charge in [0, 0.05) is 12.7 Å². The number of urea groups is 1. The molecule has 0 aromatic carbocycles. The first-order valence-electron chi connectivity index (χ1n) is 7.79. The van der Waals surface area contributed by atoms with E-state index in [0.717, 1.165) is 18.7 Å². The van der Waals surface area contributed by atoms with Gasteiger partial charge in [-0.05, 0) is 12.3 Å². The molecule has 0 aliphatic heterocycles. The molecular weight excluding hydrogens is 296 g/mol. The van der Waals surface area contributed by atoms with E-state index in [1.807, 2.05) is 11.6 Å². The van der Waals surface area contributed by atoms with Gasteiger partial charge in [0.2, 0.25) is 0 Å². The SMILES string of the molecule is CCc1c(NC(=O)Nc2cnn(CCO)c2)cnn1CC(C)C. The molecule has 0 fully saturated rings. The van der Waals surface area contributed by atoms with Crippen molar-refractivity contribution in [2.24, 2.45) is 5.92 Å². The maximum absolute atomic E-state index is 12.1. The predicted octanol–water partition coefficient (Wildman–Crippen LogP) is 1.93. The molecule has 0 bridgehead atoms. The Morgan fingerprint density at radius 2 is 2.09 bits per heavy atom. The second kappa shape index (κ2) is 7.77. The van der Waals surface area contributed by atoms with Crippen LogP contribution in [0.1, 0.15) is 26.5 Å². The average molecular weight is 320 g/mol. The molecular formula is C15H24N6O2. The first-order chi connectivity index (χ1) is 11.0. The number of amides is 2. The number of aliphatic hydroxyl groups excluding tert-OH is 1. The summed E-state index contributed by atoms with van der Waals surface area (Å²) in [5, 5.41) is 22.8. The lowest BCUT2D eigenvalue weighted by Gasteiger charge is -2.10. The van der Waals surface area contributed by atoms with Crippen LogP contribution in [0.15, 0.2) is 18.6 Å². The highest BCUT2D eigenvalue weighted by Gasteiger charge is 2.13. The summed E-state index contributed by atoms with van der Waals surface area (Å²) in [6, 6.07) is -0.340. The van der Waals surface area contributed by atoms with Crippen LogP contribution in [0.5, 0.6) is 0 Å². The minimum Gasteiger partial charge on any atom is -0.394 e. The van der Waals surface area contributed by atoms with E-state index in [0.29, 0.717) is 23.8 Å². The molecule has 0 unspecified atom stereocenters. The van der Waals surface area contributed by atoms with Crippen molar-refractivity contribution in [3.05, 3.63) is 24.3 Å². The minimum atomic E-state index is -0.340. The van der Waals surface area contributed by atoms with Crippen molar-refractivity contribution in [2.75, 3.05) is 17.2 Å². The van der Waals surface area contributed by atoms with E-state index >= 15 is 0 Å². The molecule has 2 aromatic heterocycles. The van der Waals surface area contributed by atoms with Crippen LogP contribution in [0.25, 0.3) is 0 Å². The molecule has 8 heteroatoms. The van der Waals surface area contributed by atoms with Crippen molar-refractivity contribution in [1.82, 2.24) is 19.6 Å². The van der Waals surface area contributed by atoms with Crippen LogP contribution in [0, 0.1) is 5.92 Å². The van der Waals surface area contributed by atoms with Gasteiger partial charge in [0.25, 0.3) is 0 Å². The van der Waals surface area contributed by atoms with Crippen molar-refractivity contribution in [2.45, 2.75) is 40.3 Å². The summed E-state index contributed by atoms with van der Waals surface area (Å²) in [7, 11) is 0. The lowest BCUT2D eigenvalue weighted by molar-refractivity contribution is 0.262. The minimum absolute atomic E-state index is 0.00219. The molecule has 0 saturated carbocycles. The van der Waals surface area contributed by atoms with Gasteiger partial charge in [0.15, 0.2) is 0 Å². The van der Waals surface area contributed by atoms with Crippen LogP contribution in [0.4, 0.5) is 16.2 Å². The number of aromatic nitrogens is 4. The summed E-state index contributed by atoms with van der Waals surface area (Å²) in [5.74, 6) is 0.485. The fourth-order valence-corrected chi connectivity index (χ4v) is 2.33. The van der Waals surface area contributed by atoms with Gasteiger partial charge in [0.05, 0.1) is 42.6 Å². The molecule has 0 saturated heterocycles. The van der Waals surface area contributed by atoms with Crippen molar-refractivity contribution in [3.8, 4) is 0 Å². The topological polar surface area (TPSA) is 97.0 Å². The maximum Gasteiger partial charge on any atom is 0.323 e.